The lowest BCUT2D eigenvalue weighted by Crippen LogP contribution is -2.26. The number of likely N-dealkylation sites (N-methyl/N-ethyl adjacent to an activating group) is 1. The van der Waals surface area contributed by atoms with Gasteiger partial charge in [0.15, 0.2) is 5.78 Å². The predicted molar refractivity (Wildman–Crippen MR) is 80.8 cm³/mol. The molecule has 2 aromatic rings. The van der Waals surface area contributed by atoms with Crippen LogP contribution in [0.4, 0.5) is 5.69 Å². The van der Waals surface area contributed by atoms with E-state index in [1.807, 2.05) is 36.7 Å². The number of thiophene rings is 1. The molecule has 19 heavy (non-hydrogen) atoms. The number of Topliss-reactive ketones (excluding diaryl/α,β-unsaturated/α-hetero) is 1. The molecule has 0 fully saturated rings. The monoisotopic (exact) mass is 334 g/mol. The average Bonchev–Trinajstić information content (AvgIpc) is 2.85. The van der Waals surface area contributed by atoms with Crippen LogP contribution in [0.1, 0.15) is 15.2 Å². The molecule has 0 atom stereocenters. The molecule has 3 nitrogen and oxygen atoms in total. The van der Waals surface area contributed by atoms with E-state index in [2.05, 4.69) is 22.0 Å². The van der Waals surface area contributed by atoms with Gasteiger partial charge in [0.1, 0.15) is 6.07 Å². The Kier molecular flexibility index (Phi) is 4.35. The number of halogens is 1. The van der Waals surface area contributed by atoms with Gasteiger partial charge in [0.25, 0.3) is 0 Å². The molecule has 0 unspecified atom stereocenters. The van der Waals surface area contributed by atoms with Gasteiger partial charge in [-0.15, -0.1) is 11.3 Å². The van der Waals surface area contributed by atoms with Gasteiger partial charge in [-0.1, -0.05) is 12.1 Å². The van der Waals surface area contributed by atoms with Crippen LogP contribution in [0.25, 0.3) is 0 Å². The third kappa shape index (κ3) is 3.03. The molecule has 1 aromatic carbocycles. The molecular weight excluding hydrogens is 324 g/mol. The van der Waals surface area contributed by atoms with Crippen molar-refractivity contribution in [2.75, 3.05) is 18.5 Å². The number of nitrogens with zero attached hydrogens (tertiary/aromatic N) is 2. The van der Waals surface area contributed by atoms with Crippen molar-refractivity contribution in [1.29, 1.82) is 5.26 Å². The van der Waals surface area contributed by atoms with E-state index in [9.17, 15) is 4.79 Å². The number of para-hydroxylation sites is 1. The minimum atomic E-state index is 0.0390. The molecule has 0 bridgehead atoms. The van der Waals surface area contributed by atoms with Crippen molar-refractivity contribution in [2.24, 2.45) is 0 Å². The second-order valence-electron chi connectivity index (χ2n) is 4.01. The van der Waals surface area contributed by atoms with Crippen molar-refractivity contribution in [1.82, 2.24) is 0 Å². The number of benzene rings is 1. The number of ketones is 1. The van der Waals surface area contributed by atoms with Crippen LogP contribution in [0.5, 0.6) is 0 Å². The fraction of sp³-hybridized carbons (Fsp3) is 0.143. The van der Waals surface area contributed by atoms with E-state index in [1.165, 1.54) is 11.3 Å². The molecule has 0 amide bonds. The summed E-state index contributed by atoms with van der Waals surface area (Å²) < 4.78 is 0.824. The molecule has 0 aliphatic rings. The number of hydrogen-bond donors (Lipinski definition) is 0. The maximum Gasteiger partial charge on any atom is 0.193 e. The summed E-state index contributed by atoms with van der Waals surface area (Å²) in [7, 11) is 1.82. The van der Waals surface area contributed by atoms with Gasteiger partial charge in [0, 0.05) is 11.5 Å². The highest BCUT2D eigenvalue weighted by atomic mass is 79.9. The van der Waals surface area contributed by atoms with Crippen LogP contribution < -0.4 is 4.90 Å². The SMILES string of the molecule is CN(CC(=O)c1sccc1Br)c1ccccc1C#N. The summed E-state index contributed by atoms with van der Waals surface area (Å²) in [5, 5.41) is 10.9. The Morgan fingerprint density at radius 3 is 2.79 bits per heavy atom. The number of anilines is 1. The van der Waals surface area contributed by atoms with E-state index in [4.69, 9.17) is 5.26 Å². The highest BCUT2D eigenvalue weighted by Crippen LogP contribution is 2.24. The molecule has 0 radical (unpaired) electrons. The topological polar surface area (TPSA) is 44.1 Å². The first-order valence-corrected chi connectivity index (χ1v) is 7.27. The lowest BCUT2D eigenvalue weighted by Gasteiger charge is -2.19. The molecule has 0 saturated heterocycles. The first-order chi connectivity index (χ1) is 9.13. The van der Waals surface area contributed by atoms with Crippen LogP contribution in [0.2, 0.25) is 0 Å². The Morgan fingerprint density at radius 1 is 1.42 bits per heavy atom. The van der Waals surface area contributed by atoms with E-state index >= 15 is 0 Å². The van der Waals surface area contributed by atoms with Crippen molar-refractivity contribution in [3.8, 4) is 6.07 Å². The highest BCUT2D eigenvalue weighted by Gasteiger charge is 2.15. The maximum absolute atomic E-state index is 12.2. The standard InChI is InChI=1S/C14H11BrN2OS/c1-17(12-5-3-2-4-10(12)8-16)9-13(18)14-11(15)6-7-19-14/h2-7H,9H2,1H3. The number of hydrogen-bond acceptors (Lipinski definition) is 4. The van der Waals surface area contributed by atoms with Crippen LogP contribution in [0.3, 0.4) is 0 Å². The highest BCUT2D eigenvalue weighted by molar-refractivity contribution is 9.10. The van der Waals surface area contributed by atoms with Crippen LogP contribution in [-0.2, 0) is 0 Å². The Hall–Kier alpha value is -1.64. The lowest BCUT2D eigenvalue weighted by atomic mass is 10.1. The summed E-state index contributed by atoms with van der Waals surface area (Å²) in [6, 6.07) is 11.3. The fourth-order valence-corrected chi connectivity index (χ4v) is 3.29. The molecule has 0 aliphatic carbocycles. The quantitative estimate of drug-likeness (QED) is 0.800. The van der Waals surface area contributed by atoms with Crippen molar-refractivity contribution in [3.05, 3.63) is 50.6 Å². The third-order valence-corrected chi connectivity index (χ3v) is 4.57. The van der Waals surface area contributed by atoms with Gasteiger partial charge in [-0.2, -0.15) is 5.26 Å². The van der Waals surface area contributed by atoms with Gasteiger partial charge in [-0.05, 0) is 39.5 Å². The molecule has 0 saturated carbocycles. The zero-order chi connectivity index (χ0) is 13.8. The second-order valence-corrected chi connectivity index (χ2v) is 5.78. The first kappa shape index (κ1) is 13.8. The number of rotatable bonds is 4. The number of carbonyl (C=O) groups excluding carboxylic acids is 1. The molecule has 0 N–H and O–H groups in total. The van der Waals surface area contributed by atoms with E-state index < -0.39 is 0 Å². The number of nitriles is 1. The Balaban J connectivity index is 2.18. The Labute approximate surface area is 124 Å². The van der Waals surface area contributed by atoms with Crippen LogP contribution in [0, 0.1) is 11.3 Å². The second kappa shape index (κ2) is 6.00. The summed E-state index contributed by atoms with van der Waals surface area (Å²) in [4.78, 5) is 14.7. The normalized spacial score (nSPS) is 9.95. The predicted octanol–water partition coefficient (Wildman–Crippen LogP) is 3.70. The van der Waals surface area contributed by atoms with E-state index in [0.717, 1.165) is 10.2 Å². The van der Waals surface area contributed by atoms with Gasteiger partial charge < -0.3 is 4.90 Å². The lowest BCUT2D eigenvalue weighted by molar-refractivity contribution is 0.100. The Morgan fingerprint density at radius 2 is 2.16 bits per heavy atom. The van der Waals surface area contributed by atoms with E-state index in [-0.39, 0.29) is 12.3 Å². The summed E-state index contributed by atoms with van der Waals surface area (Å²) in [6.07, 6.45) is 0. The van der Waals surface area contributed by atoms with Gasteiger partial charge in [-0.25, -0.2) is 0 Å². The summed E-state index contributed by atoms with van der Waals surface area (Å²) in [5.74, 6) is 0.0390. The summed E-state index contributed by atoms with van der Waals surface area (Å²) >= 11 is 4.78. The van der Waals surface area contributed by atoms with Crippen molar-refractivity contribution >= 4 is 38.7 Å². The molecule has 1 heterocycles. The molecule has 1 aromatic heterocycles. The van der Waals surface area contributed by atoms with Crippen molar-refractivity contribution < 1.29 is 4.79 Å². The maximum atomic E-state index is 12.2. The number of carbonyl (C=O) groups is 1. The van der Waals surface area contributed by atoms with Gasteiger partial charge in [0.2, 0.25) is 0 Å². The van der Waals surface area contributed by atoms with Crippen LogP contribution >= 0.6 is 27.3 Å². The van der Waals surface area contributed by atoms with E-state index in [0.29, 0.717) is 10.4 Å². The Bertz CT molecular complexity index is 645. The zero-order valence-electron chi connectivity index (χ0n) is 10.3. The molecule has 5 heteroatoms. The molecule has 0 aliphatic heterocycles. The van der Waals surface area contributed by atoms with Crippen LogP contribution in [0.15, 0.2) is 40.2 Å². The van der Waals surface area contributed by atoms with E-state index in [1.54, 1.807) is 11.0 Å². The van der Waals surface area contributed by atoms with Crippen molar-refractivity contribution in [3.63, 3.8) is 0 Å². The van der Waals surface area contributed by atoms with Gasteiger partial charge in [0.05, 0.1) is 22.7 Å². The average molecular weight is 335 g/mol. The summed E-state index contributed by atoms with van der Waals surface area (Å²) in [6.45, 7) is 0.248. The minimum absolute atomic E-state index is 0.0390. The van der Waals surface area contributed by atoms with Gasteiger partial charge >= 0.3 is 0 Å². The smallest absolute Gasteiger partial charge is 0.193 e. The zero-order valence-corrected chi connectivity index (χ0v) is 12.7. The minimum Gasteiger partial charge on any atom is -0.366 e. The van der Waals surface area contributed by atoms with Crippen molar-refractivity contribution in [2.45, 2.75) is 0 Å². The molecule has 96 valence electrons. The first-order valence-electron chi connectivity index (χ1n) is 5.60. The largest absolute Gasteiger partial charge is 0.366 e. The molecular formula is C14H11BrN2OS. The fourth-order valence-electron chi connectivity index (χ4n) is 1.77. The van der Waals surface area contributed by atoms with Gasteiger partial charge in [-0.3, -0.25) is 4.79 Å². The molecule has 2 rings (SSSR count). The third-order valence-electron chi connectivity index (χ3n) is 2.69. The summed E-state index contributed by atoms with van der Waals surface area (Å²) in [5.41, 5.74) is 1.34. The molecule has 0 spiro atoms. The van der Waals surface area contributed by atoms with Crippen LogP contribution in [-0.4, -0.2) is 19.4 Å².